The van der Waals surface area contributed by atoms with E-state index in [1.54, 1.807) is 0 Å². The number of nitrogens with zero attached hydrogens (tertiary/aromatic N) is 1. The van der Waals surface area contributed by atoms with Crippen molar-refractivity contribution in [2.24, 2.45) is 0 Å². The summed E-state index contributed by atoms with van der Waals surface area (Å²) in [7, 11) is -3.73. The van der Waals surface area contributed by atoms with Crippen molar-refractivity contribution in [3.63, 3.8) is 0 Å². The summed E-state index contributed by atoms with van der Waals surface area (Å²) >= 11 is 0. The molecule has 116 valence electrons. The molecule has 1 saturated carbocycles. The number of carboxylic acid groups (broad SMARTS) is 1. The fourth-order valence-corrected chi connectivity index (χ4v) is 4.40. The van der Waals surface area contributed by atoms with Crippen LogP contribution in [0.3, 0.4) is 0 Å². The first kappa shape index (κ1) is 15.7. The molecule has 1 aliphatic heterocycles. The van der Waals surface area contributed by atoms with Crippen molar-refractivity contribution in [1.82, 2.24) is 9.03 Å². The minimum Gasteiger partial charge on any atom is -0.480 e. The second-order valence-electron chi connectivity index (χ2n) is 5.33. The summed E-state index contributed by atoms with van der Waals surface area (Å²) in [4.78, 5) is 11.2. The van der Waals surface area contributed by atoms with Crippen LogP contribution in [0.5, 0.6) is 0 Å². The normalized spacial score (nSPS) is 31.8. The van der Waals surface area contributed by atoms with Crippen LogP contribution < -0.4 is 4.72 Å². The molecule has 1 aliphatic carbocycles. The Kier molecular flexibility index (Phi) is 5.00. The zero-order valence-corrected chi connectivity index (χ0v) is 12.4. The van der Waals surface area contributed by atoms with Crippen molar-refractivity contribution in [3.05, 3.63) is 0 Å². The van der Waals surface area contributed by atoms with Gasteiger partial charge in [0.15, 0.2) is 0 Å². The lowest BCUT2D eigenvalue weighted by Crippen LogP contribution is -2.57. The number of hydrogen-bond acceptors (Lipinski definition) is 4. The SMILES string of the molecule is CCOC1CC(NS(=O)(=O)N2CCCCC2C(=O)O)C1. The molecule has 0 aromatic carbocycles. The average molecular weight is 306 g/mol. The molecule has 0 aromatic rings. The Labute approximate surface area is 119 Å². The van der Waals surface area contributed by atoms with Gasteiger partial charge in [0.25, 0.3) is 10.2 Å². The number of nitrogens with one attached hydrogen (secondary N) is 1. The van der Waals surface area contributed by atoms with Gasteiger partial charge in [-0.05, 0) is 39.0 Å². The molecule has 1 saturated heterocycles. The number of aliphatic carboxylic acids is 1. The average Bonchev–Trinajstić information content (AvgIpc) is 2.36. The second-order valence-corrected chi connectivity index (χ2v) is 6.98. The van der Waals surface area contributed by atoms with Crippen LogP contribution in [0.2, 0.25) is 0 Å². The van der Waals surface area contributed by atoms with E-state index >= 15 is 0 Å². The fourth-order valence-electron chi connectivity index (χ4n) is 2.75. The summed E-state index contributed by atoms with van der Waals surface area (Å²) in [5.74, 6) is -1.07. The van der Waals surface area contributed by atoms with Crippen molar-refractivity contribution in [3.8, 4) is 0 Å². The maximum atomic E-state index is 12.3. The van der Waals surface area contributed by atoms with Crippen LogP contribution in [0.4, 0.5) is 0 Å². The highest BCUT2D eigenvalue weighted by Crippen LogP contribution is 2.26. The van der Waals surface area contributed by atoms with Crippen LogP contribution in [0.1, 0.15) is 39.0 Å². The van der Waals surface area contributed by atoms with Crippen molar-refractivity contribution in [2.75, 3.05) is 13.2 Å². The first-order chi connectivity index (χ1) is 9.44. The van der Waals surface area contributed by atoms with Gasteiger partial charge in [-0.3, -0.25) is 4.79 Å². The fraction of sp³-hybridized carbons (Fsp3) is 0.917. The zero-order valence-electron chi connectivity index (χ0n) is 11.6. The van der Waals surface area contributed by atoms with E-state index in [1.807, 2.05) is 6.92 Å². The van der Waals surface area contributed by atoms with Crippen molar-refractivity contribution < 1.29 is 23.1 Å². The van der Waals surface area contributed by atoms with Crippen molar-refractivity contribution >= 4 is 16.2 Å². The summed E-state index contributed by atoms with van der Waals surface area (Å²) in [5, 5.41) is 9.14. The molecule has 20 heavy (non-hydrogen) atoms. The van der Waals surface area contributed by atoms with Crippen molar-refractivity contribution in [2.45, 2.75) is 57.2 Å². The molecule has 0 spiro atoms. The number of carboxylic acids is 1. The van der Waals surface area contributed by atoms with Gasteiger partial charge in [0.1, 0.15) is 6.04 Å². The van der Waals surface area contributed by atoms with E-state index in [2.05, 4.69) is 4.72 Å². The molecule has 2 aliphatic rings. The van der Waals surface area contributed by atoms with E-state index < -0.39 is 22.2 Å². The lowest BCUT2D eigenvalue weighted by molar-refractivity contribution is -0.142. The molecular formula is C12H22N2O5S. The molecule has 0 radical (unpaired) electrons. The Morgan fingerprint density at radius 2 is 2.10 bits per heavy atom. The molecule has 0 bridgehead atoms. The lowest BCUT2D eigenvalue weighted by atomic mass is 9.90. The molecular weight excluding hydrogens is 284 g/mol. The molecule has 7 nitrogen and oxygen atoms in total. The van der Waals surface area contributed by atoms with E-state index in [0.717, 1.165) is 10.7 Å². The summed E-state index contributed by atoms with van der Waals surface area (Å²) in [5.41, 5.74) is 0. The highest BCUT2D eigenvalue weighted by molar-refractivity contribution is 7.87. The van der Waals surface area contributed by atoms with Crippen LogP contribution in [-0.4, -0.2) is 55.1 Å². The third-order valence-corrected chi connectivity index (χ3v) is 5.55. The number of piperidine rings is 1. The van der Waals surface area contributed by atoms with Crippen LogP contribution in [0.25, 0.3) is 0 Å². The van der Waals surface area contributed by atoms with E-state index in [4.69, 9.17) is 9.84 Å². The number of hydrogen-bond donors (Lipinski definition) is 2. The van der Waals surface area contributed by atoms with Gasteiger partial charge >= 0.3 is 5.97 Å². The maximum Gasteiger partial charge on any atom is 0.322 e. The highest BCUT2D eigenvalue weighted by Gasteiger charge is 2.40. The molecule has 2 rings (SSSR count). The van der Waals surface area contributed by atoms with Gasteiger partial charge in [-0.15, -0.1) is 0 Å². The van der Waals surface area contributed by atoms with E-state index in [0.29, 0.717) is 32.3 Å². The molecule has 1 atom stereocenters. The van der Waals surface area contributed by atoms with Gasteiger partial charge in [-0.2, -0.15) is 17.4 Å². The van der Waals surface area contributed by atoms with Crippen LogP contribution in [-0.2, 0) is 19.7 Å². The molecule has 2 N–H and O–H groups in total. The molecule has 1 heterocycles. The van der Waals surface area contributed by atoms with Crippen molar-refractivity contribution in [1.29, 1.82) is 0 Å². The maximum absolute atomic E-state index is 12.3. The molecule has 0 amide bonds. The molecule has 0 aromatic heterocycles. The third-order valence-electron chi connectivity index (χ3n) is 3.86. The standard InChI is InChI=1S/C12H22N2O5S/c1-2-19-10-7-9(8-10)13-20(17,18)14-6-4-3-5-11(14)12(15)16/h9-11,13H,2-8H2,1H3,(H,15,16). The Morgan fingerprint density at radius 1 is 1.40 bits per heavy atom. The first-order valence-electron chi connectivity index (χ1n) is 7.07. The minimum absolute atomic E-state index is 0.115. The molecule has 8 heteroatoms. The minimum atomic E-state index is -3.73. The topological polar surface area (TPSA) is 95.9 Å². The lowest BCUT2D eigenvalue weighted by Gasteiger charge is -2.38. The van der Waals surface area contributed by atoms with Gasteiger partial charge in [-0.1, -0.05) is 0 Å². The van der Waals surface area contributed by atoms with Gasteiger partial charge in [0, 0.05) is 19.2 Å². The van der Waals surface area contributed by atoms with E-state index in [9.17, 15) is 13.2 Å². The predicted molar refractivity (Wildman–Crippen MR) is 72.5 cm³/mol. The smallest absolute Gasteiger partial charge is 0.322 e. The highest BCUT2D eigenvalue weighted by atomic mass is 32.2. The molecule has 1 unspecified atom stereocenters. The molecule has 2 fully saturated rings. The Morgan fingerprint density at radius 3 is 2.70 bits per heavy atom. The Bertz CT molecular complexity index is 447. The number of carbonyl (C=O) groups is 1. The monoisotopic (exact) mass is 306 g/mol. The summed E-state index contributed by atoms with van der Waals surface area (Å²) in [6.45, 7) is 2.80. The summed E-state index contributed by atoms with van der Waals surface area (Å²) in [6.07, 6.45) is 3.25. The van der Waals surface area contributed by atoms with Gasteiger partial charge in [0.2, 0.25) is 0 Å². The second kappa shape index (κ2) is 6.38. The Hall–Kier alpha value is -0.700. The first-order valence-corrected chi connectivity index (χ1v) is 8.51. The van der Waals surface area contributed by atoms with Gasteiger partial charge in [-0.25, -0.2) is 0 Å². The quantitative estimate of drug-likeness (QED) is 0.737. The number of ether oxygens (including phenoxy) is 1. The van der Waals surface area contributed by atoms with Gasteiger partial charge in [0.05, 0.1) is 6.10 Å². The van der Waals surface area contributed by atoms with Crippen LogP contribution in [0, 0.1) is 0 Å². The van der Waals surface area contributed by atoms with E-state index in [1.165, 1.54) is 0 Å². The largest absolute Gasteiger partial charge is 0.480 e. The van der Waals surface area contributed by atoms with Crippen LogP contribution in [0.15, 0.2) is 0 Å². The number of rotatable bonds is 6. The summed E-state index contributed by atoms with van der Waals surface area (Å²) in [6, 6.07) is -1.09. The van der Waals surface area contributed by atoms with E-state index in [-0.39, 0.29) is 18.7 Å². The predicted octanol–water partition coefficient (Wildman–Crippen LogP) is 0.327. The van der Waals surface area contributed by atoms with Gasteiger partial charge < -0.3 is 9.84 Å². The third kappa shape index (κ3) is 3.49. The zero-order chi connectivity index (χ0) is 14.8. The summed E-state index contributed by atoms with van der Waals surface area (Å²) < 4.78 is 33.6. The Balaban J connectivity index is 1.94. The van der Waals surface area contributed by atoms with Crippen LogP contribution >= 0.6 is 0 Å².